The molecule has 0 fully saturated rings. The molecule has 0 aromatic rings. The fraction of sp³-hybridized carbons (Fsp3) is 1.00. The van der Waals surface area contributed by atoms with Gasteiger partial charge < -0.3 is 14.4 Å². The van der Waals surface area contributed by atoms with Crippen LogP contribution < -0.4 is 0 Å². The van der Waals surface area contributed by atoms with E-state index in [1.807, 2.05) is 0 Å². The van der Waals surface area contributed by atoms with Crippen LogP contribution in [0, 0.1) is 5.92 Å². The molecule has 0 aliphatic carbocycles. The summed E-state index contributed by atoms with van der Waals surface area (Å²) < 4.78 is 10.2. The van der Waals surface area contributed by atoms with Gasteiger partial charge in [-0.3, -0.25) is 0 Å². The Labute approximate surface area is 171 Å². The first kappa shape index (κ1) is 26.9. The Kier molecular flexibility index (Phi) is 22.1. The summed E-state index contributed by atoms with van der Waals surface area (Å²) in [7, 11) is 8.06. The maximum Gasteiger partial charge on any atom is 0.0462 e. The number of hydrogen-bond acceptors (Lipinski definition) is 3. The van der Waals surface area contributed by atoms with Crippen molar-refractivity contribution in [2.24, 2.45) is 5.92 Å². The minimum absolute atomic E-state index is 0.906. The maximum atomic E-state index is 5.11. The summed E-state index contributed by atoms with van der Waals surface area (Å²) in [5.41, 5.74) is 0. The molecule has 0 saturated heterocycles. The quantitative estimate of drug-likeness (QED) is 0.194. The van der Waals surface area contributed by atoms with Crippen molar-refractivity contribution < 1.29 is 9.47 Å². The predicted molar refractivity (Wildman–Crippen MR) is 120 cm³/mol. The van der Waals surface area contributed by atoms with Crippen LogP contribution in [0.25, 0.3) is 0 Å². The van der Waals surface area contributed by atoms with Gasteiger partial charge in [-0.1, -0.05) is 77.0 Å². The number of ether oxygens (including phenoxy) is 2. The number of rotatable bonds is 22. The molecule has 0 heterocycles. The van der Waals surface area contributed by atoms with Crippen molar-refractivity contribution in [2.45, 2.75) is 103 Å². The van der Waals surface area contributed by atoms with Gasteiger partial charge in [-0.05, 0) is 45.7 Å². The Bertz CT molecular complexity index is 249. The molecule has 0 aromatic carbocycles. The molecule has 27 heavy (non-hydrogen) atoms. The molecule has 0 N–H and O–H groups in total. The monoisotopic (exact) mass is 385 g/mol. The van der Waals surface area contributed by atoms with Crippen molar-refractivity contribution >= 4 is 0 Å². The maximum absolute atomic E-state index is 5.11. The minimum atomic E-state index is 0.906. The predicted octanol–water partition coefficient (Wildman–Crippen LogP) is 6.70. The van der Waals surface area contributed by atoms with Crippen LogP contribution in [0.2, 0.25) is 0 Å². The standard InChI is InChI=1S/C24H51NO2/c1-25(2)23-24(19-15-11-7-5-9-13-17-21-26-3)20-16-12-8-6-10-14-18-22-27-4/h24H,5-23H2,1-4H3. The van der Waals surface area contributed by atoms with Gasteiger partial charge in [0.25, 0.3) is 0 Å². The van der Waals surface area contributed by atoms with E-state index in [-0.39, 0.29) is 0 Å². The average Bonchev–Trinajstić information content (AvgIpc) is 2.64. The van der Waals surface area contributed by atoms with Gasteiger partial charge in [-0.2, -0.15) is 0 Å². The molecule has 164 valence electrons. The van der Waals surface area contributed by atoms with E-state index < -0.39 is 0 Å². The Morgan fingerprint density at radius 1 is 0.519 bits per heavy atom. The van der Waals surface area contributed by atoms with Crippen molar-refractivity contribution in [2.75, 3.05) is 48.1 Å². The first-order valence-corrected chi connectivity index (χ1v) is 11.8. The molecular weight excluding hydrogens is 334 g/mol. The smallest absolute Gasteiger partial charge is 0.0462 e. The molecule has 0 aromatic heterocycles. The molecule has 3 nitrogen and oxygen atoms in total. The number of hydrogen-bond donors (Lipinski definition) is 0. The second-order valence-electron chi connectivity index (χ2n) is 8.64. The first-order chi connectivity index (χ1) is 13.2. The zero-order chi connectivity index (χ0) is 20.0. The summed E-state index contributed by atoms with van der Waals surface area (Å²) in [6.07, 6.45) is 22.1. The molecule has 0 bridgehead atoms. The molecule has 0 unspecified atom stereocenters. The van der Waals surface area contributed by atoms with Crippen molar-refractivity contribution in [3.8, 4) is 0 Å². The second kappa shape index (κ2) is 22.2. The number of unbranched alkanes of at least 4 members (excludes halogenated alkanes) is 12. The van der Waals surface area contributed by atoms with Crippen LogP contribution in [-0.2, 0) is 9.47 Å². The second-order valence-corrected chi connectivity index (χ2v) is 8.64. The van der Waals surface area contributed by atoms with Crippen LogP contribution in [0.1, 0.15) is 103 Å². The average molecular weight is 386 g/mol. The minimum Gasteiger partial charge on any atom is -0.385 e. The third kappa shape index (κ3) is 22.0. The first-order valence-electron chi connectivity index (χ1n) is 11.8. The van der Waals surface area contributed by atoms with E-state index >= 15 is 0 Å². The van der Waals surface area contributed by atoms with Crippen molar-refractivity contribution in [1.82, 2.24) is 4.90 Å². The van der Waals surface area contributed by atoms with E-state index in [1.165, 1.54) is 109 Å². The van der Waals surface area contributed by atoms with E-state index in [0.29, 0.717) is 0 Å². The summed E-state index contributed by atoms with van der Waals surface area (Å²) in [6, 6.07) is 0. The summed E-state index contributed by atoms with van der Waals surface area (Å²) in [6.45, 7) is 3.13. The van der Waals surface area contributed by atoms with Gasteiger partial charge in [0.1, 0.15) is 0 Å². The zero-order valence-electron chi connectivity index (χ0n) is 19.3. The summed E-state index contributed by atoms with van der Waals surface area (Å²) in [4.78, 5) is 2.39. The van der Waals surface area contributed by atoms with Crippen molar-refractivity contribution in [3.63, 3.8) is 0 Å². The molecule has 0 aliphatic heterocycles. The Morgan fingerprint density at radius 3 is 1.19 bits per heavy atom. The molecule has 0 saturated carbocycles. The molecule has 0 atom stereocenters. The largest absolute Gasteiger partial charge is 0.385 e. The van der Waals surface area contributed by atoms with Crippen LogP contribution >= 0.6 is 0 Å². The highest BCUT2D eigenvalue weighted by Gasteiger charge is 2.09. The van der Waals surface area contributed by atoms with E-state index in [9.17, 15) is 0 Å². The van der Waals surface area contributed by atoms with E-state index in [4.69, 9.17) is 9.47 Å². The molecule has 0 aliphatic rings. The zero-order valence-corrected chi connectivity index (χ0v) is 19.3. The molecule has 0 radical (unpaired) electrons. The number of methoxy groups -OCH3 is 2. The number of nitrogens with zero attached hydrogens (tertiary/aromatic N) is 1. The van der Waals surface area contributed by atoms with Crippen LogP contribution in [-0.4, -0.2) is 53.0 Å². The lowest BCUT2D eigenvalue weighted by Gasteiger charge is -2.21. The highest BCUT2D eigenvalue weighted by Crippen LogP contribution is 2.20. The van der Waals surface area contributed by atoms with Gasteiger partial charge in [0.2, 0.25) is 0 Å². The Morgan fingerprint density at radius 2 is 0.852 bits per heavy atom. The molecule has 0 spiro atoms. The summed E-state index contributed by atoms with van der Waals surface area (Å²) >= 11 is 0. The van der Waals surface area contributed by atoms with Crippen molar-refractivity contribution in [1.29, 1.82) is 0 Å². The van der Waals surface area contributed by atoms with Gasteiger partial charge in [0.15, 0.2) is 0 Å². The van der Waals surface area contributed by atoms with Crippen LogP contribution in [0.4, 0.5) is 0 Å². The third-order valence-corrected chi connectivity index (χ3v) is 5.55. The Balaban J connectivity index is 3.56. The van der Waals surface area contributed by atoms with Gasteiger partial charge >= 0.3 is 0 Å². The molecule has 0 amide bonds. The lowest BCUT2D eigenvalue weighted by atomic mass is 9.93. The fourth-order valence-electron chi connectivity index (χ4n) is 3.97. The van der Waals surface area contributed by atoms with Gasteiger partial charge in [0.05, 0.1) is 0 Å². The van der Waals surface area contributed by atoms with E-state index in [1.54, 1.807) is 14.2 Å². The fourth-order valence-corrected chi connectivity index (χ4v) is 3.97. The lowest BCUT2D eigenvalue weighted by molar-refractivity contribution is 0.192. The van der Waals surface area contributed by atoms with E-state index in [0.717, 1.165) is 19.1 Å². The Hall–Kier alpha value is -0.120. The van der Waals surface area contributed by atoms with Gasteiger partial charge in [0, 0.05) is 34.0 Å². The van der Waals surface area contributed by atoms with Gasteiger partial charge in [-0.15, -0.1) is 0 Å². The highest BCUT2D eigenvalue weighted by atomic mass is 16.5. The molecular formula is C24H51NO2. The normalized spacial score (nSPS) is 11.8. The summed E-state index contributed by atoms with van der Waals surface area (Å²) in [5.74, 6) is 0.906. The summed E-state index contributed by atoms with van der Waals surface area (Å²) in [5, 5.41) is 0. The third-order valence-electron chi connectivity index (χ3n) is 5.55. The van der Waals surface area contributed by atoms with Crippen LogP contribution in [0.3, 0.4) is 0 Å². The van der Waals surface area contributed by atoms with Crippen LogP contribution in [0.15, 0.2) is 0 Å². The topological polar surface area (TPSA) is 21.7 Å². The highest BCUT2D eigenvalue weighted by molar-refractivity contribution is 4.64. The van der Waals surface area contributed by atoms with Crippen molar-refractivity contribution in [3.05, 3.63) is 0 Å². The SMILES string of the molecule is COCCCCCCCCCC(CCCCCCCCCOC)CN(C)C. The van der Waals surface area contributed by atoms with E-state index in [2.05, 4.69) is 19.0 Å². The van der Waals surface area contributed by atoms with Gasteiger partial charge in [-0.25, -0.2) is 0 Å². The lowest BCUT2D eigenvalue weighted by Crippen LogP contribution is -2.21. The molecule has 0 rings (SSSR count). The molecule has 3 heteroatoms. The van der Waals surface area contributed by atoms with Crippen LogP contribution in [0.5, 0.6) is 0 Å².